The van der Waals surface area contributed by atoms with Gasteiger partial charge in [-0.2, -0.15) is 4.98 Å². The summed E-state index contributed by atoms with van der Waals surface area (Å²) in [5.74, 6) is -3.87. The molecule has 1 aliphatic rings. The van der Waals surface area contributed by atoms with Gasteiger partial charge in [0.05, 0.1) is 31.1 Å². The molecule has 0 amide bonds. The second-order valence-corrected chi connectivity index (χ2v) is 8.81. The van der Waals surface area contributed by atoms with Gasteiger partial charge in [-0.1, -0.05) is 11.3 Å². The first-order valence-corrected chi connectivity index (χ1v) is 10.9. The number of ether oxygens (including phenoxy) is 1. The molecule has 4 heterocycles. The van der Waals surface area contributed by atoms with Crippen molar-refractivity contribution in [3.05, 3.63) is 30.0 Å². The van der Waals surface area contributed by atoms with E-state index in [1.54, 1.807) is 43.3 Å². The van der Waals surface area contributed by atoms with Crippen LogP contribution in [0.2, 0.25) is 0 Å². The zero-order chi connectivity index (χ0) is 24.2. The average molecular weight is 474 g/mol. The Labute approximate surface area is 193 Å². The van der Waals surface area contributed by atoms with Crippen LogP contribution in [-0.4, -0.2) is 74.3 Å². The number of aromatic nitrogens is 6. The van der Waals surface area contributed by atoms with Crippen molar-refractivity contribution in [2.24, 2.45) is 0 Å². The first-order valence-electron chi connectivity index (χ1n) is 10.9. The SMILES string of the molecule is COc1nc(N)nn2cc([C@H]3CCN(C)CC3(F)F)c(-c3ccc4nnn([C@@H](C)CF)c4c3)c12. The number of fused-ring (bicyclic) bond motifs is 2. The quantitative estimate of drug-likeness (QED) is 0.474. The van der Waals surface area contributed by atoms with Gasteiger partial charge in [-0.05, 0) is 50.2 Å². The van der Waals surface area contributed by atoms with Crippen molar-refractivity contribution in [3.63, 3.8) is 0 Å². The first-order chi connectivity index (χ1) is 16.2. The summed E-state index contributed by atoms with van der Waals surface area (Å²) >= 11 is 0. The van der Waals surface area contributed by atoms with Crippen LogP contribution in [0.25, 0.3) is 27.7 Å². The Kier molecular flexibility index (Phi) is 5.34. The van der Waals surface area contributed by atoms with Crippen LogP contribution in [0.4, 0.5) is 19.1 Å². The normalized spacial score (nSPS) is 19.6. The molecule has 180 valence electrons. The van der Waals surface area contributed by atoms with Gasteiger partial charge in [0.25, 0.3) is 5.92 Å². The molecule has 0 spiro atoms. The molecule has 0 aliphatic carbocycles. The lowest BCUT2D eigenvalue weighted by Gasteiger charge is -2.36. The van der Waals surface area contributed by atoms with E-state index in [2.05, 4.69) is 20.4 Å². The van der Waals surface area contributed by atoms with Crippen LogP contribution in [0.5, 0.6) is 5.88 Å². The number of hydrogen-bond acceptors (Lipinski definition) is 7. The van der Waals surface area contributed by atoms with Crippen LogP contribution in [0, 0.1) is 0 Å². The van der Waals surface area contributed by atoms with E-state index in [9.17, 15) is 4.39 Å². The maximum Gasteiger partial charge on any atom is 0.267 e. The highest BCUT2D eigenvalue weighted by Crippen LogP contribution is 2.47. The molecular weight excluding hydrogens is 449 g/mol. The fourth-order valence-corrected chi connectivity index (χ4v) is 4.77. The number of halogens is 3. The number of nitrogens with zero attached hydrogens (tertiary/aromatic N) is 7. The maximum atomic E-state index is 15.3. The molecule has 0 unspecified atom stereocenters. The second kappa shape index (κ2) is 8.12. The summed E-state index contributed by atoms with van der Waals surface area (Å²) in [6, 6.07) is 4.78. The first kappa shape index (κ1) is 22.4. The van der Waals surface area contributed by atoms with Crippen molar-refractivity contribution in [1.29, 1.82) is 0 Å². The molecular formula is C22H25F3N8O. The molecule has 1 aromatic carbocycles. The molecule has 12 heteroatoms. The molecule has 3 aromatic heterocycles. The van der Waals surface area contributed by atoms with Crippen LogP contribution >= 0.6 is 0 Å². The predicted molar refractivity (Wildman–Crippen MR) is 121 cm³/mol. The minimum absolute atomic E-state index is 0.0397. The summed E-state index contributed by atoms with van der Waals surface area (Å²) in [5, 5.41) is 12.4. The Balaban J connectivity index is 1.79. The Morgan fingerprint density at radius 3 is 2.82 bits per heavy atom. The van der Waals surface area contributed by atoms with E-state index in [0.717, 1.165) is 0 Å². The maximum absolute atomic E-state index is 15.3. The van der Waals surface area contributed by atoms with Gasteiger partial charge >= 0.3 is 0 Å². The lowest BCUT2D eigenvalue weighted by Crippen LogP contribution is -2.45. The van der Waals surface area contributed by atoms with Gasteiger partial charge in [-0.25, -0.2) is 22.4 Å². The van der Waals surface area contributed by atoms with Crippen molar-refractivity contribution in [2.75, 3.05) is 39.7 Å². The number of likely N-dealkylation sites (tertiary alicyclic amines) is 1. The van der Waals surface area contributed by atoms with E-state index in [1.807, 2.05) is 0 Å². The van der Waals surface area contributed by atoms with Crippen LogP contribution in [0.15, 0.2) is 24.4 Å². The van der Waals surface area contributed by atoms with Crippen molar-refractivity contribution in [3.8, 4) is 17.0 Å². The molecule has 0 radical (unpaired) electrons. The number of nitrogens with two attached hydrogens (primary N) is 1. The highest BCUT2D eigenvalue weighted by atomic mass is 19.3. The minimum Gasteiger partial charge on any atom is -0.479 e. The highest BCUT2D eigenvalue weighted by molar-refractivity contribution is 5.91. The molecule has 34 heavy (non-hydrogen) atoms. The molecule has 1 saturated heterocycles. The summed E-state index contributed by atoms with van der Waals surface area (Å²) in [6.07, 6.45) is 1.85. The molecule has 2 N–H and O–H groups in total. The summed E-state index contributed by atoms with van der Waals surface area (Å²) in [7, 11) is 3.12. The van der Waals surface area contributed by atoms with Gasteiger partial charge in [0.1, 0.15) is 17.7 Å². The number of rotatable bonds is 5. The predicted octanol–water partition coefficient (Wildman–Crippen LogP) is 3.32. The fraction of sp³-hybridized carbons (Fsp3) is 0.455. The lowest BCUT2D eigenvalue weighted by atomic mass is 9.84. The van der Waals surface area contributed by atoms with E-state index in [1.165, 1.54) is 16.3 Å². The average Bonchev–Trinajstić information content (AvgIpc) is 3.38. The van der Waals surface area contributed by atoms with Gasteiger partial charge in [0.2, 0.25) is 11.8 Å². The molecule has 1 aliphatic heterocycles. The van der Waals surface area contributed by atoms with Crippen molar-refractivity contribution >= 4 is 22.5 Å². The zero-order valence-electron chi connectivity index (χ0n) is 19.0. The highest BCUT2D eigenvalue weighted by Gasteiger charge is 2.46. The smallest absolute Gasteiger partial charge is 0.267 e. The third kappa shape index (κ3) is 3.52. The van der Waals surface area contributed by atoms with Gasteiger partial charge in [0, 0.05) is 11.8 Å². The number of benzene rings is 1. The van der Waals surface area contributed by atoms with Crippen LogP contribution in [0.1, 0.15) is 30.9 Å². The molecule has 4 aromatic rings. The van der Waals surface area contributed by atoms with Gasteiger partial charge in [-0.3, -0.25) is 0 Å². The number of piperidine rings is 1. The third-order valence-electron chi connectivity index (χ3n) is 6.40. The fourth-order valence-electron chi connectivity index (χ4n) is 4.77. The van der Waals surface area contributed by atoms with E-state index in [-0.39, 0.29) is 24.8 Å². The number of methoxy groups -OCH3 is 1. The molecule has 5 rings (SSSR count). The number of alkyl halides is 3. The summed E-state index contributed by atoms with van der Waals surface area (Å²) in [4.78, 5) is 5.80. The van der Waals surface area contributed by atoms with Gasteiger partial charge in [0.15, 0.2) is 0 Å². The minimum atomic E-state index is -2.96. The van der Waals surface area contributed by atoms with E-state index in [4.69, 9.17) is 10.5 Å². The van der Waals surface area contributed by atoms with Crippen molar-refractivity contribution in [1.82, 2.24) is 34.5 Å². The Bertz CT molecular complexity index is 1370. The van der Waals surface area contributed by atoms with Crippen LogP contribution < -0.4 is 10.5 Å². The van der Waals surface area contributed by atoms with Gasteiger partial charge in [-0.15, -0.1) is 10.2 Å². The molecule has 1 fully saturated rings. The van der Waals surface area contributed by atoms with Gasteiger partial charge < -0.3 is 15.4 Å². The zero-order valence-corrected chi connectivity index (χ0v) is 19.0. The second-order valence-electron chi connectivity index (χ2n) is 8.81. The van der Waals surface area contributed by atoms with E-state index >= 15 is 8.78 Å². The Morgan fingerprint density at radius 2 is 2.12 bits per heavy atom. The molecule has 0 saturated carbocycles. The summed E-state index contributed by atoms with van der Waals surface area (Å²) in [6.45, 7) is 1.25. The summed E-state index contributed by atoms with van der Waals surface area (Å²) < 4.78 is 52.4. The Hall–Kier alpha value is -3.41. The number of nitrogen functional groups attached to an aromatic ring is 1. The molecule has 9 nitrogen and oxygen atoms in total. The van der Waals surface area contributed by atoms with Crippen molar-refractivity contribution < 1.29 is 17.9 Å². The Morgan fingerprint density at radius 1 is 1.32 bits per heavy atom. The topological polar surface area (TPSA) is 99.4 Å². The van der Waals surface area contributed by atoms with E-state index < -0.39 is 24.6 Å². The van der Waals surface area contributed by atoms with E-state index in [0.29, 0.717) is 39.8 Å². The molecule has 2 atom stereocenters. The lowest BCUT2D eigenvalue weighted by molar-refractivity contribution is -0.0764. The summed E-state index contributed by atoms with van der Waals surface area (Å²) in [5.41, 5.74) is 9.02. The largest absolute Gasteiger partial charge is 0.479 e. The standard InChI is InChI=1S/C22H25F3N8O/c1-12(9-23)33-17-8-13(4-5-16(17)28-30-33)18-14(15-6-7-31(2)11-22(15,24)25)10-32-19(18)20(34-3)27-21(26)29-32/h4-5,8,10,12,15H,6-7,9,11H2,1-3H3,(H2,26,29)/t12-,15+/m0/s1. The van der Waals surface area contributed by atoms with Crippen molar-refractivity contribution in [2.45, 2.75) is 31.2 Å². The molecule has 0 bridgehead atoms. The number of anilines is 1. The van der Waals surface area contributed by atoms with Crippen LogP contribution in [-0.2, 0) is 0 Å². The monoisotopic (exact) mass is 474 g/mol. The third-order valence-corrected chi connectivity index (χ3v) is 6.40. The van der Waals surface area contributed by atoms with Crippen LogP contribution in [0.3, 0.4) is 0 Å². The number of hydrogen-bond donors (Lipinski definition) is 1.